The lowest BCUT2D eigenvalue weighted by Gasteiger charge is -2.26. The van der Waals surface area contributed by atoms with E-state index in [1.165, 1.54) is 35.7 Å². The van der Waals surface area contributed by atoms with E-state index in [1.54, 1.807) is 19.1 Å². The van der Waals surface area contributed by atoms with E-state index in [0.29, 0.717) is 18.8 Å². The number of ether oxygens (including phenoxy) is 2. The average Bonchev–Trinajstić information content (AvgIpc) is 2.71. The molecule has 1 amide bonds. The third-order valence-electron chi connectivity index (χ3n) is 4.58. The normalized spacial score (nSPS) is 15.1. The topological polar surface area (TPSA) is 84.9 Å². The first-order valence-corrected chi connectivity index (χ1v) is 10.6. The van der Waals surface area contributed by atoms with Gasteiger partial charge in [0.1, 0.15) is 16.5 Å². The van der Waals surface area contributed by atoms with Crippen molar-refractivity contribution in [2.45, 2.75) is 18.2 Å². The second kappa shape index (κ2) is 8.89. The van der Waals surface area contributed by atoms with Crippen molar-refractivity contribution < 1.29 is 27.1 Å². The molecule has 0 aliphatic carbocycles. The summed E-state index contributed by atoms with van der Waals surface area (Å²) in [6.07, 6.45) is -0.108. The number of nitrogens with one attached hydrogen (secondary N) is 1. The van der Waals surface area contributed by atoms with Gasteiger partial charge in [-0.05, 0) is 42.3 Å². The Balaban J connectivity index is 1.82. The summed E-state index contributed by atoms with van der Waals surface area (Å²) in [7, 11) is -2.41. The highest BCUT2D eigenvalue weighted by Gasteiger charge is 2.29. The fourth-order valence-corrected chi connectivity index (χ4v) is 4.69. The van der Waals surface area contributed by atoms with E-state index in [-0.39, 0.29) is 35.8 Å². The van der Waals surface area contributed by atoms with Gasteiger partial charge in [-0.1, -0.05) is 12.1 Å². The zero-order valence-electron chi connectivity index (χ0n) is 16.3. The molecule has 0 radical (unpaired) electrons. The number of carbonyl (C=O) groups excluding carboxylic acids is 1. The SMILES string of the molecule is COc1ccc(CC(=O)Nc2cc(C)ccc2F)cc1S(=O)(=O)N1CCOCC1. The Morgan fingerprint density at radius 2 is 1.93 bits per heavy atom. The highest BCUT2D eigenvalue weighted by molar-refractivity contribution is 7.89. The van der Waals surface area contributed by atoms with E-state index in [2.05, 4.69) is 5.32 Å². The number of aryl methyl sites for hydroxylation is 1. The van der Waals surface area contributed by atoms with Crippen LogP contribution in [0.4, 0.5) is 10.1 Å². The predicted molar refractivity (Wildman–Crippen MR) is 106 cm³/mol. The fraction of sp³-hybridized carbons (Fsp3) is 0.350. The highest BCUT2D eigenvalue weighted by atomic mass is 32.2. The first-order chi connectivity index (χ1) is 13.8. The molecule has 9 heteroatoms. The van der Waals surface area contributed by atoms with Crippen molar-refractivity contribution >= 4 is 21.6 Å². The van der Waals surface area contributed by atoms with Crippen molar-refractivity contribution in [3.63, 3.8) is 0 Å². The van der Waals surface area contributed by atoms with Crippen molar-refractivity contribution in [3.8, 4) is 5.75 Å². The van der Waals surface area contributed by atoms with Crippen LogP contribution in [0, 0.1) is 12.7 Å². The summed E-state index contributed by atoms with van der Waals surface area (Å²) in [5.41, 5.74) is 1.37. The minimum Gasteiger partial charge on any atom is -0.495 e. The standard InChI is InChI=1S/C20H23FN2O5S/c1-14-3-5-16(21)17(11-14)22-20(24)13-15-4-6-18(27-2)19(12-15)29(25,26)23-7-9-28-10-8-23/h3-6,11-12H,7-10,13H2,1-2H3,(H,22,24). The fourth-order valence-electron chi connectivity index (χ4n) is 3.07. The molecule has 2 aromatic carbocycles. The summed E-state index contributed by atoms with van der Waals surface area (Å²) < 4.78 is 51.7. The van der Waals surface area contributed by atoms with Crippen LogP contribution in [0.5, 0.6) is 5.75 Å². The van der Waals surface area contributed by atoms with Gasteiger partial charge in [0, 0.05) is 13.1 Å². The largest absolute Gasteiger partial charge is 0.495 e. The second-order valence-corrected chi connectivity index (χ2v) is 8.62. The van der Waals surface area contributed by atoms with Gasteiger partial charge in [-0.15, -0.1) is 0 Å². The molecular weight excluding hydrogens is 399 g/mol. The Morgan fingerprint density at radius 1 is 1.21 bits per heavy atom. The molecule has 1 saturated heterocycles. The quantitative estimate of drug-likeness (QED) is 0.773. The molecule has 1 aliphatic heterocycles. The lowest BCUT2D eigenvalue weighted by atomic mass is 10.1. The van der Waals surface area contributed by atoms with Gasteiger partial charge >= 0.3 is 0 Å². The number of anilines is 1. The number of hydrogen-bond donors (Lipinski definition) is 1. The molecule has 0 spiro atoms. The number of halogens is 1. The summed E-state index contributed by atoms with van der Waals surface area (Å²) in [6, 6.07) is 8.99. The number of benzene rings is 2. The van der Waals surface area contributed by atoms with Crippen LogP contribution in [0.1, 0.15) is 11.1 Å². The highest BCUT2D eigenvalue weighted by Crippen LogP contribution is 2.29. The van der Waals surface area contributed by atoms with Gasteiger partial charge in [0.05, 0.1) is 32.4 Å². The maximum atomic E-state index is 13.9. The van der Waals surface area contributed by atoms with Crippen LogP contribution in [-0.2, 0) is 26.0 Å². The van der Waals surface area contributed by atoms with Crippen LogP contribution in [-0.4, -0.2) is 52.0 Å². The number of hydrogen-bond acceptors (Lipinski definition) is 5. The Labute approximate surface area is 169 Å². The first kappa shape index (κ1) is 21.2. The molecule has 156 valence electrons. The number of methoxy groups -OCH3 is 1. The van der Waals surface area contributed by atoms with E-state index < -0.39 is 21.7 Å². The minimum absolute atomic E-state index is 0.00561. The van der Waals surface area contributed by atoms with Crippen LogP contribution in [0.25, 0.3) is 0 Å². The van der Waals surface area contributed by atoms with E-state index >= 15 is 0 Å². The van der Waals surface area contributed by atoms with Crippen molar-refractivity contribution in [2.75, 3.05) is 38.7 Å². The number of carbonyl (C=O) groups is 1. The maximum Gasteiger partial charge on any atom is 0.246 e. The summed E-state index contributed by atoms with van der Waals surface area (Å²) >= 11 is 0. The van der Waals surface area contributed by atoms with Crippen LogP contribution in [0.2, 0.25) is 0 Å². The van der Waals surface area contributed by atoms with Gasteiger partial charge in [0.15, 0.2) is 0 Å². The molecule has 0 unspecified atom stereocenters. The van der Waals surface area contributed by atoms with Gasteiger partial charge in [-0.2, -0.15) is 4.31 Å². The van der Waals surface area contributed by atoms with Crippen LogP contribution >= 0.6 is 0 Å². The number of rotatable bonds is 6. The van der Waals surface area contributed by atoms with Crippen molar-refractivity contribution in [1.82, 2.24) is 4.31 Å². The second-order valence-electron chi connectivity index (χ2n) is 6.71. The molecule has 1 heterocycles. The molecule has 2 aromatic rings. The Hall–Kier alpha value is -2.49. The monoisotopic (exact) mass is 422 g/mol. The minimum atomic E-state index is -3.80. The van der Waals surface area contributed by atoms with Gasteiger partial charge in [0.2, 0.25) is 15.9 Å². The number of sulfonamides is 1. The third kappa shape index (κ3) is 4.92. The van der Waals surface area contributed by atoms with E-state index in [0.717, 1.165) is 5.56 Å². The number of nitrogens with zero attached hydrogens (tertiary/aromatic N) is 1. The molecule has 0 atom stereocenters. The van der Waals surface area contributed by atoms with Gasteiger partial charge < -0.3 is 14.8 Å². The van der Waals surface area contributed by atoms with Gasteiger partial charge in [-0.25, -0.2) is 12.8 Å². The van der Waals surface area contributed by atoms with Crippen LogP contribution in [0.3, 0.4) is 0 Å². The molecule has 0 saturated carbocycles. The Bertz CT molecular complexity index is 1000. The maximum absolute atomic E-state index is 13.9. The molecule has 7 nitrogen and oxygen atoms in total. The summed E-state index contributed by atoms with van der Waals surface area (Å²) in [5, 5.41) is 2.53. The van der Waals surface area contributed by atoms with Crippen LogP contribution in [0.15, 0.2) is 41.3 Å². The Kier molecular flexibility index (Phi) is 6.51. The first-order valence-electron chi connectivity index (χ1n) is 9.12. The van der Waals surface area contributed by atoms with E-state index in [9.17, 15) is 17.6 Å². The lowest BCUT2D eigenvalue weighted by Crippen LogP contribution is -2.40. The van der Waals surface area contributed by atoms with Gasteiger partial charge in [0.25, 0.3) is 0 Å². The zero-order valence-corrected chi connectivity index (χ0v) is 17.1. The predicted octanol–water partition coefficient (Wildman–Crippen LogP) is 2.34. The lowest BCUT2D eigenvalue weighted by molar-refractivity contribution is -0.115. The summed E-state index contributed by atoms with van der Waals surface area (Å²) in [6.45, 7) is 2.95. The molecule has 1 fully saturated rings. The molecule has 3 rings (SSSR count). The summed E-state index contributed by atoms with van der Waals surface area (Å²) in [5.74, 6) is -0.783. The van der Waals surface area contributed by atoms with E-state index in [1.807, 2.05) is 0 Å². The molecule has 1 aliphatic rings. The van der Waals surface area contributed by atoms with Crippen molar-refractivity contribution in [1.29, 1.82) is 0 Å². The van der Waals surface area contributed by atoms with Crippen LogP contribution < -0.4 is 10.1 Å². The third-order valence-corrected chi connectivity index (χ3v) is 6.50. The molecule has 0 bridgehead atoms. The summed E-state index contributed by atoms with van der Waals surface area (Å²) in [4.78, 5) is 12.4. The Morgan fingerprint density at radius 3 is 2.62 bits per heavy atom. The smallest absolute Gasteiger partial charge is 0.246 e. The molecule has 29 heavy (non-hydrogen) atoms. The molecule has 1 N–H and O–H groups in total. The molecule has 0 aromatic heterocycles. The average molecular weight is 422 g/mol. The van der Waals surface area contributed by atoms with E-state index in [4.69, 9.17) is 9.47 Å². The zero-order chi connectivity index (χ0) is 21.0. The van der Waals surface area contributed by atoms with Crippen molar-refractivity contribution in [3.05, 3.63) is 53.3 Å². The molecular formula is C20H23FN2O5S. The van der Waals surface area contributed by atoms with Crippen molar-refractivity contribution in [2.24, 2.45) is 0 Å². The number of amides is 1. The number of morpholine rings is 1. The van der Waals surface area contributed by atoms with Gasteiger partial charge in [-0.3, -0.25) is 4.79 Å².